The molecule has 2 unspecified atom stereocenters. The van der Waals surface area contributed by atoms with Gasteiger partial charge in [-0.2, -0.15) is 4.98 Å². The van der Waals surface area contributed by atoms with Crippen molar-refractivity contribution in [2.24, 2.45) is 0 Å². The Hall–Kier alpha value is -2.37. The summed E-state index contributed by atoms with van der Waals surface area (Å²) in [5.41, 5.74) is 1.23. The Morgan fingerprint density at radius 3 is 2.59 bits per heavy atom. The van der Waals surface area contributed by atoms with Crippen molar-refractivity contribution in [1.29, 1.82) is 0 Å². The maximum atomic E-state index is 12.3. The van der Waals surface area contributed by atoms with Crippen LogP contribution in [0.3, 0.4) is 0 Å². The molecule has 2 atom stereocenters. The zero-order valence-electron chi connectivity index (χ0n) is 17.5. The number of halogens is 4. The first kappa shape index (κ1) is 24.3. The van der Waals surface area contributed by atoms with Crippen molar-refractivity contribution >= 4 is 46.4 Å². The number of thiocarbonyl (C=S) groups is 1. The van der Waals surface area contributed by atoms with Crippen LogP contribution in [0.5, 0.6) is 5.75 Å². The second-order valence-electron chi connectivity index (χ2n) is 7.40. The lowest BCUT2D eigenvalue weighted by Crippen LogP contribution is -2.46. The molecule has 0 saturated carbocycles. The number of aromatic nitrogens is 2. The van der Waals surface area contributed by atoms with E-state index in [1.165, 1.54) is 24.3 Å². The summed E-state index contributed by atoms with van der Waals surface area (Å²) in [7, 11) is 0. The Morgan fingerprint density at radius 1 is 1.22 bits per heavy atom. The average Bonchev–Trinajstić information content (AvgIpc) is 2.67. The number of aryl methyl sites for hydroxylation is 1. The fraction of sp³-hybridized carbons (Fsp3) is 0.450. The molecule has 0 aliphatic carbocycles. The van der Waals surface area contributed by atoms with Crippen LogP contribution in [0.2, 0.25) is 0 Å². The van der Waals surface area contributed by atoms with Crippen LogP contribution in [-0.4, -0.2) is 57.4 Å². The Bertz CT molecular complexity index is 931. The van der Waals surface area contributed by atoms with E-state index in [1.54, 1.807) is 0 Å². The molecule has 0 radical (unpaired) electrons. The first-order valence-corrected chi connectivity index (χ1v) is 10.9. The molecule has 0 bridgehead atoms. The molecule has 174 valence electrons. The molecule has 1 fully saturated rings. The minimum absolute atomic E-state index is 0.0754. The lowest BCUT2D eigenvalue weighted by molar-refractivity contribution is -0.274. The predicted molar refractivity (Wildman–Crippen MR) is 124 cm³/mol. The Labute approximate surface area is 194 Å². The molecule has 0 spiro atoms. The zero-order valence-corrected chi connectivity index (χ0v) is 19.1. The molecule has 32 heavy (non-hydrogen) atoms. The Balaban J connectivity index is 1.60. The number of likely N-dealkylation sites (N-methyl/N-ethyl adjacent to an activating group) is 1. The van der Waals surface area contributed by atoms with Gasteiger partial charge < -0.3 is 25.6 Å². The van der Waals surface area contributed by atoms with Crippen molar-refractivity contribution in [2.75, 3.05) is 35.6 Å². The van der Waals surface area contributed by atoms with Gasteiger partial charge in [-0.3, -0.25) is 0 Å². The molecular weight excluding hydrogens is 465 g/mol. The van der Waals surface area contributed by atoms with E-state index < -0.39 is 6.36 Å². The summed E-state index contributed by atoms with van der Waals surface area (Å²) in [6.45, 7) is 6.63. The summed E-state index contributed by atoms with van der Waals surface area (Å²) in [6.07, 6.45) is -3.91. The maximum absolute atomic E-state index is 12.3. The molecule has 1 aromatic carbocycles. The standard InChI is InChI=1S/C20H24ClF3N6OS/c1-3-30-10-13(21)9-15(11-30)26-17-8-12(2)25-18(28-17)29-19(32)27-14-4-6-16(7-5-14)31-20(22,23)24/h4-8,13,15H,3,9-11H2,1-2H3,(H3,25,26,27,28,29,32). The molecule has 3 rings (SSSR count). The number of likely N-dealkylation sites (tertiary alicyclic amines) is 1. The molecule has 3 N–H and O–H groups in total. The van der Waals surface area contributed by atoms with Gasteiger partial charge in [0.05, 0.1) is 0 Å². The fourth-order valence-corrected chi connectivity index (χ4v) is 4.02. The summed E-state index contributed by atoms with van der Waals surface area (Å²) in [5, 5.41) is 9.47. The first-order valence-electron chi connectivity index (χ1n) is 10.0. The van der Waals surface area contributed by atoms with E-state index in [-0.39, 0.29) is 22.3 Å². The van der Waals surface area contributed by atoms with Crippen LogP contribution in [0.4, 0.5) is 30.6 Å². The van der Waals surface area contributed by atoms with Gasteiger partial charge in [-0.1, -0.05) is 6.92 Å². The smallest absolute Gasteiger partial charge is 0.406 e. The highest BCUT2D eigenvalue weighted by atomic mass is 35.5. The van der Waals surface area contributed by atoms with Crippen LogP contribution in [0.25, 0.3) is 0 Å². The van der Waals surface area contributed by atoms with Gasteiger partial charge in [0.15, 0.2) is 5.11 Å². The number of rotatable bonds is 6. The van der Waals surface area contributed by atoms with E-state index in [0.717, 1.165) is 31.7 Å². The quantitative estimate of drug-likeness (QED) is 0.402. The van der Waals surface area contributed by atoms with E-state index in [1.807, 2.05) is 13.0 Å². The van der Waals surface area contributed by atoms with E-state index in [4.69, 9.17) is 23.8 Å². The third-order valence-corrected chi connectivity index (χ3v) is 5.22. The molecule has 1 aromatic heterocycles. The van der Waals surface area contributed by atoms with Gasteiger partial charge in [-0.05, 0) is 56.4 Å². The summed E-state index contributed by atoms with van der Waals surface area (Å²) < 4.78 is 40.7. The van der Waals surface area contributed by atoms with Crippen LogP contribution < -0.4 is 20.7 Å². The maximum Gasteiger partial charge on any atom is 0.573 e. The highest BCUT2D eigenvalue weighted by Gasteiger charge is 2.31. The van der Waals surface area contributed by atoms with Gasteiger partial charge in [0.25, 0.3) is 0 Å². The van der Waals surface area contributed by atoms with Crippen molar-refractivity contribution in [3.05, 3.63) is 36.0 Å². The molecular formula is C20H24ClF3N6OS. The fourth-order valence-electron chi connectivity index (χ4n) is 3.40. The monoisotopic (exact) mass is 488 g/mol. The van der Waals surface area contributed by atoms with Gasteiger partial charge in [-0.15, -0.1) is 24.8 Å². The molecule has 2 aromatic rings. The van der Waals surface area contributed by atoms with Crippen molar-refractivity contribution in [1.82, 2.24) is 14.9 Å². The van der Waals surface area contributed by atoms with Gasteiger partial charge in [0.1, 0.15) is 11.6 Å². The molecule has 1 aliphatic rings. The first-order chi connectivity index (χ1) is 15.1. The van der Waals surface area contributed by atoms with Crippen LogP contribution in [0.1, 0.15) is 19.0 Å². The van der Waals surface area contributed by atoms with Crippen molar-refractivity contribution in [3.8, 4) is 5.75 Å². The number of hydrogen-bond donors (Lipinski definition) is 3. The molecule has 1 saturated heterocycles. The van der Waals surface area contributed by atoms with Gasteiger partial charge >= 0.3 is 6.36 Å². The SMILES string of the molecule is CCN1CC(Cl)CC(Nc2cc(C)nc(NC(=S)Nc3ccc(OC(F)(F)F)cc3)n2)C1. The van der Waals surface area contributed by atoms with Crippen LogP contribution >= 0.6 is 23.8 Å². The van der Waals surface area contributed by atoms with Gasteiger partial charge in [-0.25, -0.2) is 4.98 Å². The predicted octanol–water partition coefficient (Wildman–Crippen LogP) is 4.61. The number of nitrogens with one attached hydrogen (secondary N) is 3. The number of alkyl halides is 4. The summed E-state index contributed by atoms with van der Waals surface area (Å²) in [4.78, 5) is 11.1. The second-order valence-corrected chi connectivity index (χ2v) is 8.42. The zero-order chi connectivity index (χ0) is 23.3. The third-order valence-electron chi connectivity index (χ3n) is 4.70. The van der Waals surface area contributed by atoms with Crippen molar-refractivity contribution in [2.45, 2.75) is 38.0 Å². The Kier molecular flexibility index (Phi) is 7.96. The highest BCUT2D eigenvalue weighted by Crippen LogP contribution is 2.24. The number of nitrogens with zero attached hydrogens (tertiary/aromatic N) is 3. The molecule has 1 aliphatic heterocycles. The number of anilines is 3. The molecule has 7 nitrogen and oxygen atoms in total. The van der Waals surface area contributed by atoms with E-state index in [0.29, 0.717) is 17.5 Å². The normalized spacial score (nSPS) is 19.3. The Morgan fingerprint density at radius 2 is 1.94 bits per heavy atom. The molecule has 0 amide bonds. The summed E-state index contributed by atoms with van der Waals surface area (Å²) in [5.74, 6) is 0.638. The third kappa shape index (κ3) is 7.64. The lowest BCUT2D eigenvalue weighted by Gasteiger charge is -2.35. The van der Waals surface area contributed by atoms with Gasteiger partial charge in [0, 0.05) is 42.0 Å². The minimum atomic E-state index is -4.74. The lowest BCUT2D eigenvalue weighted by atomic mass is 10.1. The largest absolute Gasteiger partial charge is 0.573 e. The van der Waals surface area contributed by atoms with Crippen molar-refractivity contribution < 1.29 is 17.9 Å². The number of ether oxygens (including phenoxy) is 1. The second kappa shape index (κ2) is 10.5. The average molecular weight is 489 g/mol. The molecule has 2 heterocycles. The van der Waals surface area contributed by atoms with Crippen LogP contribution in [0, 0.1) is 6.92 Å². The van der Waals surface area contributed by atoms with Crippen LogP contribution in [-0.2, 0) is 0 Å². The molecule has 12 heteroatoms. The summed E-state index contributed by atoms with van der Waals surface area (Å²) >= 11 is 11.7. The number of benzene rings is 1. The van der Waals surface area contributed by atoms with Crippen molar-refractivity contribution in [3.63, 3.8) is 0 Å². The van der Waals surface area contributed by atoms with Gasteiger partial charge in [0.2, 0.25) is 5.95 Å². The van der Waals surface area contributed by atoms with E-state index in [9.17, 15) is 13.2 Å². The topological polar surface area (TPSA) is 74.3 Å². The summed E-state index contributed by atoms with van der Waals surface area (Å²) in [6, 6.07) is 7.23. The van der Waals surface area contributed by atoms with E-state index in [2.05, 4.69) is 42.5 Å². The van der Waals surface area contributed by atoms with Crippen LogP contribution in [0.15, 0.2) is 30.3 Å². The minimum Gasteiger partial charge on any atom is -0.406 e. The highest BCUT2D eigenvalue weighted by molar-refractivity contribution is 7.80. The van der Waals surface area contributed by atoms with E-state index >= 15 is 0 Å². The number of piperidine rings is 1. The number of hydrogen-bond acceptors (Lipinski definition) is 6.